The highest BCUT2D eigenvalue weighted by atomic mass is 19.4. The number of nitrogens with one attached hydrogen (secondary N) is 1. The first kappa shape index (κ1) is 16.2. The number of halogens is 3. The third-order valence-electron chi connectivity index (χ3n) is 3.74. The number of carbonyl (C=O) groups is 1. The third kappa shape index (κ3) is 3.64. The SMILES string of the molecule is O=C(Cn1ccc(C(F)(F)F)n1)N/N=C1/CCCc2ccccc21. The zero-order chi connectivity index (χ0) is 17.2. The van der Waals surface area contributed by atoms with Crippen LogP contribution >= 0.6 is 0 Å². The van der Waals surface area contributed by atoms with Crippen LogP contribution in [-0.4, -0.2) is 21.4 Å². The molecular weight excluding hydrogens is 321 g/mol. The van der Waals surface area contributed by atoms with Gasteiger partial charge in [0.25, 0.3) is 5.91 Å². The number of hydrogen-bond acceptors (Lipinski definition) is 3. The molecule has 0 radical (unpaired) electrons. The molecular formula is C16H15F3N4O. The van der Waals surface area contributed by atoms with Crippen molar-refractivity contribution in [3.05, 3.63) is 53.3 Å². The molecule has 1 aliphatic carbocycles. The Bertz CT molecular complexity index is 780. The van der Waals surface area contributed by atoms with Crippen LogP contribution in [0.4, 0.5) is 13.2 Å². The van der Waals surface area contributed by atoms with Gasteiger partial charge < -0.3 is 0 Å². The molecule has 0 bridgehead atoms. The van der Waals surface area contributed by atoms with E-state index in [0.717, 1.165) is 47.5 Å². The van der Waals surface area contributed by atoms with Gasteiger partial charge in [-0.05, 0) is 30.9 Å². The van der Waals surface area contributed by atoms with Crippen molar-refractivity contribution in [2.75, 3.05) is 0 Å². The number of hydrogen-bond donors (Lipinski definition) is 1. The highest BCUT2D eigenvalue weighted by Crippen LogP contribution is 2.27. The van der Waals surface area contributed by atoms with Crippen molar-refractivity contribution in [2.24, 2.45) is 5.10 Å². The second kappa shape index (κ2) is 6.46. The average molecular weight is 336 g/mol. The lowest BCUT2D eigenvalue weighted by molar-refractivity contribution is -0.141. The van der Waals surface area contributed by atoms with E-state index in [0.29, 0.717) is 0 Å². The van der Waals surface area contributed by atoms with Crippen molar-refractivity contribution in [3.63, 3.8) is 0 Å². The number of benzene rings is 1. The van der Waals surface area contributed by atoms with E-state index < -0.39 is 17.8 Å². The maximum absolute atomic E-state index is 12.5. The smallest absolute Gasteiger partial charge is 0.271 e. The van der Waals surface area contributed by atoms with Gasteiger partial charge >= 0.3 is 6.18 Å². The zero-order valence-corrected chi connectivity index (χ0v) is 12.7. The first-order valence-electron chi connectivity index (χ1n) is 7.48. The van der Waals surface area contributed by atoms with Crippen molar-refractivity contribution in [2.45, 2.75) is 32.0 Å². The molecule has 5 nitrogen and oxygen atoms in total. The summed E-state index contributed by atoms with van der Waals surface area (Å²) in [7, 11) is 0. The Balaban J connectivity index is 1.65. The van der Waals surface area contributed by atoms with Gasteiger partial charge in [0.2, 0.25) is 0 Å². The predicted octanol–water partition coefficient (Wildman–Crippen LogP) is 2.76. The Hall–Kier alpha value is -2.64. The highest BCUT2D eigenvalue weighted by molar-refractivity contribution is 6.03. The average Bonchev–Trinajstić information content (AvgIpc) is 3.01. The van der Waals surface area contributed by atoms with Gasteiger partial charge in [0.15, 0.2) is 5.69 Å². The van der Waals surface area contributed by atoms with Crippen LogP contribution in [0.1, 0.15) is 29.7 Å². The molecule has 1 N–H and O–H groups in total. The van der Waals surface area contributed by atoms with Gasteiger partial charge in [0.05, 0.1) is 5.71 Å². The van der Waals surface area contributed by atoms with Gasteiger partial charge in [0, 0.05) is 11.8 Å². The van der Waals surface area contributed by atoms with Gasteiger partial charge in [-0.2, -0.15) is 23.4 Å². The fraction of sp³-hybridized carbons (Fsp3) is 0.312. The molecule has 0 aliphatic heterocycles. The molecule has 126 valence electrons. The normalized spacial score (nSPS) is 16.0. The summed E-state index contributed by atoms with van der Waals surface area (Å²) in [5.74, 6) is -0.526. The summed E-state index contributed by atoms with van der Waals surface area (Å²) in [6.45, 7) is -0.325. The van der Waals surface area contributed by atoms with Crippen LogP contribution in [0.15, 0.2) is 41.6 Å². The molecule has 2 aromatic rings. The minimum atomic E-state index is -4.52. The molecule has 1 aromatic carbocycles. The third-order valence-corrected chi connectivity index (χ3v) is 3.74. The lowest BCUT2D eigenvalue weighted by Gasteiger charge is -2.17. The summed E-state index contributed by atoms with van der Waals surface area (Å²) in [6.07, 6.45) is -0.743. The number of amides is 1. The summed E-state index contributed by atoms with van der Waals surface area (Å²) in [6, 6.07) is 8.66. The molecule has 8 heteroatoms. The van der Waals surface area contributed by atoms with Crippen molar-refractivity contribution < 1.29 is 18.0 Å². The van der Waals surface area contributed by atoms with Crippen LogP contribution in [0.2, 0.25) is 0 Å². The van der Waals surface area contributed by atoms with Gasteiger partial charge in [0.1, 0.15) is 6.54 Å². The van der Waals surface area contributed by atoms with E-state index in [4.69, 9.17) is 0 Å². The van der Waals surface area contributed by atoms with E-state index in [1.54, 1.807) is 0 Å². The number of aryl methyl sites for hydroxylation is 1. The zero-order valence-electron chi connectivity index (χ0n) is 12.7. The minimum Gasteiger partial charge on any atom is -0.271 e. The fourth-order valence-corrected chi connectivity index (χ4v) is 2.63. The molecule has 3 rings (SSSR count). The number of rotatable bonds is 3. The van der Waals surface area contributed by atoms with E-state index in [1.165, 1.54) is 5.56 Å². The highest BCUT2D eigenvalue weighted by Gasteiger charge is 2.33. The number of fused-ring (bicyclic) bond motifs is 1. The molecule has 1 aliphatic rings. The number of carbonyl (C=O) groups excluding carboxylic acids is 1. The summed E-state index contributed by atoms with van der Waals surface area (Å²) in [5, 5.41) is 7.46. The number of alkyl halides is 3. The van der Waals surface area contributed by atoms with E-state index in [9.17, 15) is 18.0 Å². The molecule has 0 saturated heterocycles. The molecule has 0 saturated carbocycles. The maximum atomic E-state index is 12.5. The van der Waals surface area contributed by atoms with E-state index in [-0.39, 0.29) is 6.54 Å². The molecule has 1 aromatic heterocycles. The van der Waals surface area contributed by atoms with Crippen LogP contribution in [0.25, 0.3) is 0 Å². The Morgan fingerprint density at radius 3 is 2.79 bits per heavy atom. The minimum absolute atomic E-state index is 0.325. The van der Waals surface area contributed by atoms with Crippen molar-refractivity contribution >= 4 is 11.6 Å². The number of aromatic nitrogens is 2. The largest absolute Gasteiger partial charge is 0.435 e. The van der Waals surface area contributed by atoms with Crippen LogP contribution in [0.5, 0.6) is 0 Å². The van der Waals surface area contributed by atoms with Crippen LogP contribution in [0, 0.1) is 0 Å². The molecule has 0 spiro atoms. The Morgan fingerprint density at radius 2 is 2.04 bits per heavy atom. The van der Waals surface area contributed by atoms with Gasteiger partial charge in [-0.1, -0.05) is 24.3 Å². The quantitative estimate of drug-likeness (QED) is 0.876. The van der Waals surface area contributed by atoms with Crippen molar-refractivity contribution in [1.29, 1.82) is 0 Å². The first-order valence-corrected chi connectivity index (χ1v) is 7.48. The van der Waals surface area contributed by atoms with E-state index >= 15 is 0 Å². The summed E-state index contributed by atoms with van der Waals surface area (Å²) < 4.78 is 38.4. The summed E-state index contributed by atoms with van der Waals surface area (Å²) in [4.78, 5) is 11.9. The predicted molar refractivity (Wildman–Crippen MR) is 81.3 cm³/mol. The Kier molecular flexibility index (Phi) is 4.37. The Morgan fingerprint density at radius 1 is 1.25 bits per heavy atom. The molecule has 1 heterocycles. The van der Waals surface area contributed by atoms with Crippen LogP contribution in [-0.2, 0) is 23.9 Å². The lowest BCUT2D eigenvalue weighted by Crippen LogP contribution is -2.26. The summed E-state index contributed by atoms with van der Waals surface area (Å²) in [5.41, 5.74) is 4.33. The van der Waals surface area contributed by atoms with E-state index in [2.05, 4.69) is 15.6 Å². The Labute approximate surface area is 136 Å². The second-order valence-corrected chi connectivity index (χ2v) is 5.50. The standard InChI is InChI=1S/C16H15F3N4O/c17-16(18,19)14-8-9-23(22-14)10-15(24)21-20-13-7-3-5-11-4-1-2-6-12(11)13/h1-2,4,6,8-9H,3,5,7,10H2,(H,21,24)/b20-13-. The molecule has 1 amide bonds. The first-order chi connectivity index (χ1) is 11.4. The molecule has 0 unspecified atom stereocenters. The van der Waals surface area contributed by atoms with Gasteiger partial charge in [-0.25, -0.2) is 5.43 Å². The van der Waals surface area contributed by atoms with Crippen LogP contribution < -0.4 is 5.43 Å². The lowest BCUT2D eigenvalue weighted by atomic mass is 9.90. The van der Waals surface area contributed by atoms with Gasteiger partial charge in [-0.15, -0.1) is 0 Å². The van der Waals surface area contributed by atoms with Crippen molar-refractivity contribution in [3.8, 4) is 0 Å². The molecule has 0 fully saturated rings. The van der Waals surface area contributed by atoms with E-state index in [1.807, 2.05) is 24.3 Å². The summed E-state index contributed by atoms with van der Waals surface area (Å²) >= 11 is 0. The molecule has 24 heavy (non-hydrogen) atoms. The second-order valence-electron chi connectivity index (χ2n) is 5.50. The van der Waals surface area contributed by atoms with Crippen LogP contribution in [0.3, 0.4) is 0 Å². The van der Waals surface area contributed by atoms with Gasteiger partial charge in [-0.3, -0.25) is 9.48 Å². The monoisotopic (exact) mass is 336 g/mol. The fourth-order valence-electron chi connectivity index (χ4n) is 2.63. The topological polar surface area (TPSA) is 59.3 Å². The van der Waals surface area contributed by atoms with Crippen molar-refractivity contribution in [1.82, 2.24) is 15.2 Å². The maximum Gasteiger partial charge on any atom is 0.435 e. The molecule has 0 atom stereocenters. The number of nitrogens with zero attached hydrogens (tertiary/aromatic N) is 3. The number of hydrazone groups is 1.